The molecule has 0 bridgehead atoms. The Morgan fingerprint density at radius 1 is 1.35 bits per heavy atom. The third kappa shape index (κ3) is 3.20. The van der Waals surface area contributed by atoms with Crippen LogP contribution >= 0.6 is 11.6 Å². The van der Waals surface area contributed by atoms with Gasteiger partial charge in [0.2, 0.25) is 0 Å². The molecule has 8 heteroatoms. The first-order valence-corrected chi connectivity index (χ1v) is 8.26. The lowest BCUT2D eigenvalue weighted by atomic mass is 9.80. The van der Waals surface area contributed by atoms with Crippen LogP contribution in [0.1, 0.15) is 55.4 Å². The molecule has 0 amide bonds. The molecule has 2 aliphatic rings. The number of nitrogens with one attached hydrogen (secondary N) is 1. The van der Waals surface area contributed by atoms with E-state index in [0.717, 1.165) is 30.4 Å². The maximum Gasteiger partial charge on any atom is 0.410 e. The Hall–Kier alpha value is -1.24. The molecule has 1 saturated carbocycles. The molecule has 3 rings (SSSR count). The van der Waals surface area contributed by atoms with Crippen LogP contribution in [0.5, 0.6) is 0 Å². The standard InChI is InChI=1S/C15H19ClF3N3O/c1-8(23)11-7-20-22-13(15(17,18)19)6-12(21-14(11)22)9-2-4-10(16)5-3-9/h7,9-10,12-13,21H,2-6H2,1H3. The van der Waals surface area contributed by atoms with Gasteiger partial charge in [0.1, 0.15) is 5.82 Å². The lowest BCUT2D eigenvalue weighted by Gasteiger charge is -2.39. The topological polar surface area (TPSA) is 46.9 Å². The van der Waals surface area contributed by atoms with Crippen LogP contribution in [0.3, 0.4) is 0 Å². The molecule has 2 heterocycles. The molecule has 2 atom stereocenters. The first kappa shape index (κ1) is 16.6. The predicted octanol–water partition coefficient (Wildman–Crippen LogP) is 4.17. The summed E-state index contributed by atoms with van der Waals surface area (Å²) in [6.45, 7) is 1.34. The van der Waals surface area contributed by atoms with Crippen molar-refractivity contribution < 1.29 is 18.0 Å². The van der Waals surface area contributed by atoms with Crippen LogP contribution in [0.15, 0.2) is 6.20 Å². The van der Waals surface area contributed by atoms with Gasteiger partial charge in [0, 0.05) is 11.4 Å². The predicted molar refractivity (Wildman–Crippen MR) is 81.0 cm³/mol. The number of carbonyl (C=O) groups excluding carboxylic acids is 1. The summed E-state index contributed by atoms with van der Waals surface area (Å²) < 4.78 is 41.2. The summed E-state index contributed by atoms with van der Waals surface area (Å²) in [4.78, 5) is 11.7. The van der Waals surface area contributed by atoms with Gasteiger partial charge in [-0.3, -0.25) is 4.79 Å². The number of nitrogens with zero attached hydrogens (tertiary/aromatic N) is 2. The summed E-state index contributed by atoms with van der Waals surface area (Å²) in [6.07, 6.45) is 0.0210. The van der Waals surface area contributed by atoms with Crippen LogP contribution in [0.25, 0.3) is 0 Å². The zero-order chi connectivity index (χ0) is 16.8. The van der Waals surface area contributed by atoms with E-state index in [1.807, 2.05) is 0 Å². The van der Waals surface area contributed by atoms with Gasteiger partial charge in [0.25, 0.3) is 0 Å². The Morgan fingerprint density at radius 3 is 2.57 bits per heavy atom. The fraction of sp³-hybridized carbons (Fsp3) is 0.733. The van der Waals surface area contributed by atoms with Crippen molar-refractivity contribution in [1.82, 2.24) is 9.78 Å². The van der Waals surface area contributed by atoms with Crippen LogP contribution in [0.4, 0.5) is 19.0 Å². The molecule has 4 nitrogen and oxygen atoms in total. The molecule has 0 saturated heterocycles. The average molecular weight is 350 g/mol. The number of aromatic nitrogens is 2. The molecule has 0 aromatic carbocycles. The van der Waals surface area contributed by atoms with Crippen molar-refractivity contribution in [3.05, 3.63) is 11.8 Å². The summed E-state index contributed by atoms with van der Waals surface area (Å²) in [7, 11) is 0. The maximum atomic E-state index is 13.4. The monoisotopic (exact) mass is 349 g/mol. The Labute approximate surface area is 137 Å². The van der Waals surface area contributed by atoms with E-state index in [4.69, 9.17) is 11.6 Å². The Balaban J connectivity index is 1.91. The van der Waals surface area contributed by atoms with E-state index in [1.54, 1.807) is 0 Å². The van der Waals surface area contributed by atoms with E-state index in [9.17, 15) is 18.0 Å². The Morgan fingerprint density at radius 2 is 2.00 bits per heavy atom. The van der Waals surface area contributed by atoms with Crippen molar-refractivity contribution in [3.8, 4) is 0 Å². The van der Waals surface area contributed by atoms with Crippen LogP contribution in [-0.4, -0.2) is 33.2 Å². The summed E-state index contributed by atoms with van der Waals surface area (Å²) in [5.41, 5.74) is 0.218. The van der Waals surface area contributed by atoms with Crippen molar-refractivity contribution >= 4 is 23.2 Å². The number of Topliss-reactive ketones (excluding diaryl/α,β-unsaturated/α-hetero) is 1. The number of hydrogen-bond acceptors (Lipinski definition) is 3. The molecule has 128 valence electrons. The molecule has 1 N–H and O–H groups in total. The number of fused-ring (bicyclic) bond motifs is 1. The molecular weight excluding hydrogens is 331 g/mol. The lowest BCUT2D eigenvalue weighted by Crippen LogP contribution is -2.43. The minimum absolute atomic E-state index is 0.0624. The fourth-order valence-corrected chi connectivity index (χ4v) is 3.89. The molecule has 1 aromatic rings. The molecule has 1 fully saturated rings. The van der Waals surface area contributed by atoms with E-state index < -0.39 is 12.2 Å². The number of alkyl halides is 4. The van der Waals surface area contributed by atoms with E-state index >= 15 is 0 Å². The summed E-state index contributed by atoms with van der Waals surface area (Å²) in [5, 5.41) is 7.08. The molecule has 23 heavy (non-hydrogen) atoms. The highest BCUT2D eigenvalue weighted by molar-refractivity contribution is 6.20. The summed E-state index contributed by atoms with van der Waals surface area (Å²) in [5.74, 6) is 0.0483. The first-order chi connectivity index (χ1) is 10.8. The zero-order valence-electron chi connectivity index (χ0n) is 12.7. The number of carbonyl (C=O) groups is 1. The third-order valence-corrected chi connectivity index (χ3v) is 5.35. The van der Waals surface area contributed by atoms with Crippen molar-refractivity contribution in [2.24, 2.45) is 5.92 Å². The van der Waals surface area contributed by atoms with E-state index in [0.29, 0.717) is 0 Å². The quantitative estimate of drug-likeness (QED) is 0.644. The van der Waals surface area contributed by atoms with Crippen molar-refractivity contribution in [1.29, 1.82) is 0 Å². The minimum atomic E-state index is -4.39. The zero-order valence-corrected chi connectivity index (χ0v) is 13.5. The van der Waals surface area contributed by atoms with Gasteiger partial charge in [-0.2, -0.15) is 18.3 Å². The molecular formula is C15H19ClF3N3O. The van der Waals surface area contributed by atoms with E-state index in [1.165, 1.54) is 13.1 Å². The normalized spacial score (nSPS) is 31.3. The second-order valence-corrected chi connectivity index (χ2v) is 7.08. The molecule has 1 aliphatic heterocycles. The summed E-state index contributed by atoms with van der Waals surface area (Å²) >= 11 is 6.09. The van der Waals surface area contributed by atoms with Gasteiger partial charge in [-0.05, 0) is 44.9 Å². The maximum absolute atomic E-state index is 13.4. The molecule has 1 aliphatic carbocycles. The van der Waals surface area contributed by atoms with Crippen LogP contribution in [0.2, 0.25) is 0 Å². The first-order valence-electron chi connectivity index (χ1n) is 7.83. The molecule has 2 unspecified atom stereocenters. The van der Waals surface area contributed by atoms with Crippen LogP contribution in [0, 0.1) is 5.92 Å². The number of ketones is 1. The highest BCUT2D eigenvalue weighted by Gasteiger charge is 2.48. The molecule has 0 spiro atoms. The minimum Gasteiger partial charge on any atom is -0.367 e. The van der Waals surface area contributed by atoms with Crippen molar-refractivity contribution in [2.45, 2.75) is 62.7 Å². The Bertz CT molecular complexity index is 593. The SMILES string of the molecule is CC(=O)c1cnn2c1NC(C1CCC(Cl)CC1)CC2C(F)(F)F. The lowest BCUT2D eigenvalue weighted by molar-refractivity contribution is -0.174. The molecule has 1 aromatic heterocycles. The van der Waals surface area contributed by atoms with Crippen LogP contribution < -0.4 is 5.32 Å². The highest BCUT2D eigenvalue weighted by Crippen LogP contribution is 2.44. The number of hydrogen-bond donors (Lipinski definition) is 1. The van der Waals surface area contributed by atoms with Gasteiger partial charge in [-0.15, -0.1) is 11.6 Å². The van der Waals surface area contributed by atoms with Gasteiger partial charge in [-0.25, -0.2) is 4.68 Å². The molecule has 0 radical (unpaired) electrons. The van der Waals surface area contributed by atoms with Gasteiger partial charge in [0.15, 0.2) is 11.8 Å². The third-order valence-electron chi connectivity index (χ3n) is 4.92. The second-order valence-electron chi connectivity index (χ2n) is 6.46. The highest BCUT2D eigenvalue weighted by atomic mass is 35.5. The Kier molecular flexibility index (Phi) is 4.33. The summed E-state index contributed by atoms with van der Waals surface area (Å²) in [6, 6.07) is -2.00. The van der Waals surface area contributed by atoms with Crippen molar-refractivity contribution in [3.63, 3.8) is 0 Å². The average Bonchev–Trinajstić information content (AvgIpc) is 2.89. The second kappa shape index (κ2) is 6.00. The van der Waals surface area contributed by atoms with E-state index in [2.05, 4.69) is 10.4 Å². The smallest absolute Gasteiger partial charge is 0.367 e. The van der Waals surface area contributed by atoms with Gasteiger partial charge >= 0.3 is 6.18 Å². The largest absolute Gasteiger partial charge is 0.410 e. The van der Waals surface area contributed by atoms with Gasteiger partial charge in [0.05, 0.1) is 11.8 Å². The van der Waals surface area contributed by atoms with Gasteiger partial charge in [-0.1, -0.05) is 0 Å². The number of halogens is 4. The fourth-order valence-electron chi connectivity index (χ4n) is 3.64. The van der Waals surface area contributed by atoms with Crippen LogP contribution in [-0.2, 0) is 0 Å². The van der Waals surface area contributed by atoms with Gasteiger partial charge < -0.3 is 5.32 Å². The number of rotatable bonds is 2. The number of anilines is 1. The van der Waals surface area contributed by atoms with Crippen molar-refractivity contribution in [2.75, 3.05) is 5.32 Å². The van der Waals surface area contributed by atoms with E-state index in [-0.39, 0.29) is 40.9 Å².